The van der Waals surface area contributed by atoms with Crippen LogP contribution in [0.25, 0.3) is 0 Å². The van der Waals surface area contributed by atoms with Gasteiger partial charge in [0.15, 0.2) is 0 Å². The number of pyridine rings is 1. The van der Waals surface area contributed by atoms with Crippen molar-refractivity contribution >= 4 is 17.3 Å². The van der Waals surface area contributed by atoms with Crippen LogP contribution < -0.4 is 4.90 Å². The molecule has 2 aromatic rings. The van der Waals surface area contributed by atoms with Gasteiger partial charge in [0.25, 0.3) is 5.69 Å². The highest BCUT2D eigenvalue weighted by molar-refractivity contribution is 5.83. The number of hydrogen-bond donors (Lipinski definition) is 0. The number of nitrogens with zero attached hydrogens (tertiary/aromatic N) is 4. The van der Waals surface area contributed by atoms with Gasteiger partial charge in [0, 0.05) is 50.2 Å². The summed E-state index contributed by atoms with van der Waals surface area (Å²) in [5.41, 5.74) is 1.74. The number of non-ortho nitro benzene ring substituents is 1. The SMILES string of the molecule is CCCC(C(=O)N1CCN(c2cccc([N+](=O)[O-])c2)CC1)c1ccccn1. The van der Waals surface area contributed by atoms with Gasteiger partial charge in [0.1, 0.15) is 0 Å². The number of piperazine rings is 1. The van der Waals surface area contributed by atoms with Crippen LogP contribution in [0.4, 0.5) is 11.4 Å². The topological polar surface area (TPSA) is 79.6 Å². The second-order valence-electron chi connectivity index (χ2n) is 6.69. The predicted octanol–water partition coefficient (Wildman–Crippen LogP) is 3.22. The Hall–Kier alpha value is -2.96. The normalized spacial score (nSPS) is 15.4. The Kier molecular flexibility index (Phi) is 6.01. The molecule has 1 atom stereocenters. The number of amides is 1. The van der Waals surface area contributed by atoms with Gasteiger partial charge in [-0.25, -0.2) is 0 Å². The van der Waals surface area contributed by atoms with Gasteiger partial charge in [-0.1, -0.05) is 25.5 Å². The molecule has 1 saturated heterocycles. The van der Waals surface area contributed by atoms with Crippen LogP contribution in [0, 0.1) is 10.1 Å². The van der Waals surface area contributed by atoms with Crippen LogP contribution >= 0.6 is 0 Å². The van der Waals surface area contributed by atoms with Gasteiger partial charge in [-0.3, -0.25) is 19.9 Å². The smallest absolute Gasteiger partial charge is 0.271 e. The molecule has 1 aliphatic heterocycles. The van der Waals surface area contributed by atoms with Crippen LogP contribution in [-0.2, 0) is 4.79 Å². The van der Waals surface area contributed by atoms with Crippen molar-refractivity contribution in [2.45, 2.75) is 25.7 Å². The van der Waals surface area contributed by atoms with Crippen LogP contribution in [0.3, 0.4) is 0 Å². The van der Waals surface area contributed by atoms with E-state index < -0.39 is 0 Å². The maximum atomic E-state index is 13.1. The van der Waals surface area contributed by atoms with Gasteiger partial charge in [-0.15, -0.1) is 0 Å². The third-order valence-electron chi connectivity index (χ3n) is 4.92. The van der Waals surface area contributed by atoms with Crippen LogP contribution in [-0.4, -0.2) is 46.9 Å². The highest BCUT2D eigenvalue weighted by atomic mass is 16.6. The number of nitro benzene ring substituents is 1. The van der Waals surface area contributed by atoms with Gasteiger partial charge in [-0.05, 0) is 24.6 Å². The zero-order valence-corrected chi connectivity index (χ0v) is 15.5. The molecular weight excluding hydrogens is 344 g/mol. The first-order valence-corrected chi connectivity index (χ1v) is 9.29. The maximum Gasteiger partial charge on any atom is 0.271 e. The second kappa shape index (κ2) is 8.62. The fourth-order valence-electron chi connectivity index (χ4n) is 3.48. The second-order valence-corrected chi connectivity index (χ2v) is 6.69. The lowest BCUT2D eigenvalue weighted by atomic mass is 9.97. The van der Waals surface area contributed by atoms with Crippen molar-refractivity contribution < 1.29 is 9.72 Å². The van der Waals surface area contributed by atoms with E-state index >= 15 is 0 Å². The molecule has 7 heteroatoms. The number of rotatable bonds is 6. The Bertz CT molecular complexity index is 789. The van der Waals surface area contributed by atoms with E-state index in [0.29, 0.717) is 26.2 Å². The monoisotopic (exact) mass is 368 g/mol. The molecular formula is C20H24N4O3. The molecule has 1 aromatic heterocycles. The largest absolute Gasteiger partial charge is 0.368 e. The van der Waals surface area contributed by atoms with Crippen LogP contribution in [0.1, 0.15) is 31.4 Å². The molecule has 0 bridgehead atoms. The minimum atomic E-state index is -0.383. The van der Waals surface area contributed by atoms with Crippen LogP contribution in [0.5, 0.6) is 0 Å². The van der Waals surface area contributed by atoms with E-state index in [1.54, 1.807) is 18.3 Å². The number of carbonyl (C=O) groups excluding carboxylic acids is 1. The summed E-state index contributed by atoms with van der Waals surface area (Å²) >= 11 is 0. The summed E-state index contributed by atoms with van der Waals surface area (Å²) in [6.45, 7) is 4.61. The number of carbonyl (C=O) groups is 1. The van der Waals surface area contributed by atoms with Gasteiger partial charge >= 0.3 is 0 Å². The van der Waals surface area contributed by atoms with E-state index in [1.165, 1.54) is 6.07 Å². The lowest BCUT2D eigenvalue weighted by Crippen LogP contribution is -2.50. The van der Waals surface area contributed by atoms with Crippen molar-refractivity contribution in [3.05, 3.63) is 64.5 Å². The lowest BCUT2D eigenvalue weighted by molar-refractivity contribution is -0.384. The number of benzene rings is 1. The lowest BCUT2D eigenvalue weighted by Gasteiger charge is -2.37. The molecule has 0 aliphatic carbocycles. The van der Waals surface area contributed by atoms with Gasteiger partial charge in [-0.2, -0.15) is 0 Å². The average Bonchev–Trinajstić information content (AvgIpc) is 2.72. The predicted molar refractivity (Wildman–Crippen MR) is 104 cm³/mol. The highest BCUT2D eigenvalue weighted by Crippen LogP contribution is 2.25. The first kappa shape index (κ1) is 18.8. The fraction of sp³-hybridized carbons (Fsp3) is 0.400. The number of aromatic nitrogens is 1. The summed E-state index contributed by atoms with van der Waals surface area (Å²) < 4.78 is 0. The van der Waals surface area contributed by atoms with E-state index in [1.807, 2.05) is 29.2 Å². The quantitative estimate of drug-likeness (QED) is 0.578. The molecule has 27 heavy (non-hydrogen) atoms. The fourth-order valence-corrected chi connectivity index (χ4v) is 3.48. The van der Waals surface area contributed by atoms with E-state index in [9.17, 15) is 14.9 Å². The highest BCUT2D eigenvalue weighted by Gasteiger charge is 2.29. The molecule has 142 valence electrons. The first-order valence-electron chi connectivity index (χ1n) is 9.29. The molecule has 1 aliphatic rings. The first-order chi connectivity index (χ1) is 13.1. The van der Waals surface area contributed by atoms with Crippen molar-refractivity contribution in [3.8, 4) is 0 Å². The van der Waals surface area contributed by atoms with E-state index in [-0.39, 0.29) is 22.4 Å². The molecule has 2 heterocycles. The molecule has 0 saturated carbocycles. The van der Waals surface area contributed by atoms with E-state index in [0.717, 1.165) is 24.2 Å². The summed E-state index contributed by atoms with van der Waals surface area (Å²) in [6.07, 6.45) is 3.42. The number of nitro groups is 1. The van der Waals surface area contributed by atoms with Crippen molar-refractivity contribution in [3.63, 3.8) is 0 Å². The van der Waals surface area contributed by atoms with Gasteiger partial charge < -0.3 is 9.80 Å². The molecule has 7 nitrogen and oxygen atoms in total. The van der Waals surface area contributed by atoms with Crippen LogP contribution in [0.2, 0.25) is 0 Å². The maximum absolute atomic E-state index is 13.1. The van der Waals surface area contributed by atoms with Crippen LogP contribution in [0.15, 0.2) is 48.7 Å². The molecule has 1 amide bonds. The summed E-state index contributed by atoms with van der Waals surface area (Å²) in [5.74, 6) is -0.0881. The Morgan fingerprint density at radius 1 is 1.19 bits per heavy atom. The third-order valence-corrected chi connectivity index (χ3v) is 4.92. The molecule has 0 N–H and O–H groups in total. The summed E-state index contributed by atoms with van der Waals surface area (Å²) in [7, 11) is 0. The summed E-state index contributed by atoms with van der Waals surface area (Å²) in [4.78, 5) is 32.0. The number of anilines is 1. The zero-order valence-electron chi connectivity index (χ0n) is 15.5. The Labute approximate surface area is 158 Å². The molecule has 1 aromatic carbocycles. The zero-order chi connectivity index (χ0) is 19.2. The standard InChI is InChI=1S/C20H24N4O3/c1-2-6-18(19-9-3-4-10-21-19)20(25)23-13-11-22(12-14-23)16-7-5-8-17(15-16)24(26)27/h3-5,7-10,15,18H,2,6,11-14H2,1H3. The molecule has 1 fully saturated rings. The van der Waals surface area contributed by atoms with Gasteiger partial charge in [0.05, 0.1) is 16.5 Å². The molecule has 1 unspecified atom stereocenters. The third kappa shape index (κ3) is 4.42. The minimum Gasteiger partial charge on any atom is -0.368 e. The summed E-state index contributed by atoms with van der Waals surface area (Å²) in [5, 5.41) is 11.0. The van der Waals surface area contributed by atoms with E-state index in [4.69, 9.17) is 0 Å². The Morgan fingerprint density at radius 2 is 1.96 bits per heavy atom. The molecule has 3 rings (SSSR count). The van der Waals surface area contributed by atoms with Gasteiger partial charge in [0.2, 0.25) is 5.91 Å². The average molecular weight is 368 g/mol. The molecule has 0 spiro atoms. The van der Waals surface area contributed by atoms with Crippen molar-refractivity contribution in [2.75, 3.05) is 31.1 Å². The van der Waals surface area contributed by atoms with Crippen molar-refractivity contribution in [2.24, 2.45) is 0 Å². The molecule has 0 radical (unpaired) electrons. The Balaban J connectivity index is 1.66. The van der Waals surface area contributed by atoms with Crippen molar-refractivity contribution in [1.82, 2.24) is 9.88 Å². The summed E-state index contributed by atoms with van der Waals surface area (Å²) in [6, 6.07) is 12.3. The van der Waals surface area contributed by atoms with Crippen molar-refractivity contribution in [1.29, 1.82) is 0 Å². The Morgan fingerprint density at radius 3 is 2.59 bits per heavy atom. The number of hydrogen-bond acceptors (Lipinski definition) is 5. The minimum absolute atomic E-state index is 0.0872. The van der Waals surface area contributed by atoms with E-state index in [2.05, 4.69) is 16.8 Å².